The van der Waals surface area contributed by atoms with Crippen molar-refractivity contribution in [2.45, 2.75) is 18.9 Å². The highest BCUT2D eigenvalue weighted by atomic mass is 35.5. The summed E-state index contributed by atoms with van der Waals surface area (Å²) in [6.45, 7) is 1.15. The predicted octanol–water partition coefficient (Wildman–Crippen LogP) is 2.86. The van der Waals surface area contributed by atoms with Gasteiger partial charge in [0, 0.05) is 24.6 Å². The van der Waals surface area contributed by atoms with Crippen LogP contribution in [0, 0.1) is 0 Å². The highest BCUT2D eigenvalue weighted by molar-refractivity contribution is 5.97. The first-order valence-corrected chi connectivity index (χ1v) is 7.59. The summed E-state index contributed by atoms with van der Waals surface area (Å²) in [5.74, 6) is 0.528. The second-order valence-corrected chi connectivity index (χ2v) is 5.46. The fourth-order valence-corrected chi connectivity index (χ4v) is 2.69. The molecule has 0 bridgehead atoms. The van der Waals surface area contributed by atoms with Gasteiger partial charge in [-0.05, 0) is 18.1 Å². The van der Waals surface area contributed by atoms with E-state index in [1.807, 2.05) is 30.3 Å². The Labute approximate surface area is 142 Å². The zero-order valence-corrected chi connectivity index (χ0v) is 13.6. The first-order chi connectivity index (χ1) is 10.8. The van der Waals surface area contributed by atoms with Gasteiger partial charge in [-0.1, -0.05) is 42.5 Å². The summed E-state index contributed by atoms with van der Waals surface area (Å²) < 4.78 is 5.67. The molecule has 3 rings (SSSR count). The van der Waals surface area contributed by atoms with Crippen LogP contribution in [0.3, 0.4) is 0 Å². The van der Waals surface area contributed by atoms with E-state index < -0.39 is 0 Å². The van der Waals surface area contributed by atoms with Gasteiger partial charge in [0.1, 0.15) is 5.75 Å². The van der Waals surface area contributed by atoms with Crippen LogP contribution < -0.4 is 15.8 Å². The van der Waals surface area contributed by atoms with Gasteiger partial charge in [0.25, 0.3) is 5.91 Å². The molecule has 1 amide bonds. The van der Waals surface area contributed by atoms with E-state index >= 15 is 0 Å². The van der Waals surface area contributed by atoms with Crippen molar-refractivity contribution in [2.24, 2.45) is 5.73 Å². The van der Waals surface area contributed by atoms with Gasteiger partial charge in [0.05, 0.1) is 12.2 Å². The second kappa shape index (κ2) is 7.99. The van der Waals surface area contributed by atoms with E-state index in [1.165, 1.54) is 5.56 Å². The molecule has 2 aromatic carbocycles. The topological polar surface area (TPSA) is 64.3 Å². The molecule has 3 N–H and O–H groups in total. The predicted molar refractivity (Wildman–Crippen MR) is 93.2 cm³/mol. The summed E-state index contributed by atoms with van der Waals surface area (Å²) in [4.78, 5) is 12.4. The minimum atomic E-state index is -0.109. The normalized spacial score (nSPS) is 15.8. The molecule has 0 aliphatic carbocycles. The molecule has 0 saturated heterocycles. The Hall–Kier alpha value is -2.04. The van der Waals surface area contributed by atoms with Crippen molar-refractivity contribution in [3.05, 3.63) is 65.2 Å². The van der Waals surface area contributed by atoms with E-state index in [0.717, 1.165) is 18.4 Å². The lowest BCUT2D eigenvalue weighted by Crippen LogP contribution is -2.28. The molecule has 0 saturated carbocycles. The van der Waals surface area contributed by atoms with Crippen LogP contribution in [0.25, 0.3) is 0 Å². The van der Waals surface area contributed by atoms with Crippen LogP contribution in [0.5, 0.6) is 5.75 Å². The maximum Gasteiger partial charge on any atom is 0.255 e. The highest BCUT2D eigenvalue weighted by Crippen LogP contribution is 2.33. The molecular formula is C18H21ClN2O2. The molecule has 0 aromatic heterocycles. The Morgan fingerprint density at radius 1 is 1.17 bits per heavy atom. The summed E-state index contributed by atoms with van der Waals surface area (Å²) in [7, 11) is 0. The Bertz CT molecular complexity index is 661. The molecule has 4 nitrogen and oxygen atoms in total. The zero-order chi connectivity index (χ0) is 15.4. The number of halogens is 1. The summed E-state index contributed by atoms with van der Waals surface area (Å²) in [5.41, 5.74) is 8.77. The van der Waals surface area contributed by atoms with Gasteiger partial charge >= 0.3 is 0 Å². The number of hydrogen-bond acceptors (Lipinski definition) is 3. The van der Waals surface area contributed by atoms with Gasteiger partial charge in [-0.2, -0.15) is 0 Å². The minimum absolute atomic E-state index is 0. The molecule has 0 fully saturated rings. The van der Waals surface area contributed by atoms with Crippen molar-refractivity contribution in [3.8, 4) is 5.75 Å². The first-order valence-electron chi connectivity index (χ1n) is 7.59. The molecule has 122 valence electrons. The van der Waals surface area contributed by atoms with Gasteiger partial charge in [0.15, 0.2) is 0 Å². The van der Waals surface area contributed by atoms with Crippen molar-refractivity contribution in [1.82, 2.24) is 5.32 Å². The smallest absolute Gasteiger partial charge is 0.255 e. The van der Waals surface area contributed by atoms with Gasteiger partial charge in [-0.3, -0.25) is 4.79 Å². The third-order valence-electron chi connectivity index (χ3n) is 3.91. The molecule has 1 heterocycles. The lowest BCUT2D eigenvalue weighted by atomic mass is 9.98. The average molecular weight is 333 g/mol. The summed E-state index contributed by atoms with van der Waals surface area (Å²) >= 11 is 0. The van der Waals surface area contributed by atoms with Gasteiger partial charge < -0.3 is 15.8 Å². The summed E-state index contributed by atoms with van der Waals surface area (Å²) in [5, 5.41) is 2.95. The molecule has 5 heteroatoms. The second-order valence-electron chi connectivity index (χ2n) is 5.46. The number of hydrogen-bond donors (Lipinski definition) is 2. The molecule has 0 spiro atoms. The molecular weight excluding hydrogens is 312 g/mol. The van der Waals surface area contributed by atoms with Crippen LogP contribution >= 0.6 is 12.4 Å². The van der Waals surface area contributed by atoms with E-state index in [-0.39, 0.29) is 24.4 Å². The number of nitrogens with two attached hydrogens (primary N) is 1. The molecule has 23 heavy (non-hydrogen) atoms. The van der Waals surface area contributed by atoms with Crippen LogP contribution in [0.4, 0.5) is 0 Å². The van der Waals surface area contributed by atoms with E-state index in [9.17, 15) is 4.79 Å². The number of ether oxygens (including phenoxy) is 1. The molecule has 0 radical (unpaired) electrons. The fraction of sp³-hybridized carbons (Fsp3) is 0.278. The fourth-order valence-electron chi connectivity index (χ4n) is 2.69. The Kier molecular flexibility index (Phi) is 6.02. The SMILES string of the molecule is Cl.NC1CCOc2c(C(=O)NCCc3ccccc3)cccc21. The van der Waals surface area contributed by atoms with Crippen molar-refractivity contribution in [3.63, 3.8) is 0 Å². The lowest BCUT2D eigenvalue weighted by Gasteiger charge is -2.24. The van der Waals surface area contributed by atoms with Crippen LogP contribution in [-0.2, 0) is 6.42 Å². The van der Waals surface area contributed by atoms with Gasteiger partial charge in [-0.15, -0.1) is 12.4 Å². The van der Waals surface area contributed by atoms with Crippen LogP contribution in [0.2, 0.25) is 0 Å². The first kappa shape index (κ1) is 17.3. The Balaban J connectivity index is 0.00000192. The largest absolute Gasteiger partial charge is 0.492 e. The molecule has 1 aliphatic rings. The van der Waals surface area contributed by atoms with Gasteiger partial charge in [0.2, 0.25) is 0 Å². The van der Waals surface area contributed by atoms with Crippen LogP contribution in [-0.4, -0.2) is 19.1 Å². The summed E-state index contributed by atoms with van der Waals surface area (Å²) in [6.07, 6.45) is 1.59. The highest BCUT2D eigenvalue weighted by Gasteiger charge is 2.23. The van der Waals surface area contributed by atoms with E-state index in [1.54, 1.807) is 6.07 Å². The Morgan fingerprint density at radius 3 is 2.74 bits per heavy atom. The number of rotatable bonds is 4. The number of carbonyl (C=O) groups is 1. The number of nitrogens with one attached hydrogen (secondary N) is 1. The number of benzene rings is 2. The van der Waals surface area contributed by atoms with Gasteiger partial charge in [-0.25, -0.2) is 0 Å². The third kappa shape index (κ3) is 4.03. The number of amides is 1. The van der Waals surface area contributed by atoms with Crippen LogP contribution in [0.15, 0.2) is 48.5 Å². The summed E-state index contributed by atoms with van der Waals surface area (Å²) in [6, 6.07) is 15.6. The molecule has 1 atom stereocenters. The molecule has 1 aliphatic heterocycles. The number of para-hydroxylation sites is 1. The van der Waals surface area contributed by atoms with Crippen molar-refractivity contribution in [1.29, 1.82) is 0 Å². The maximum atomic E-state index is 12.4. The maximum absolute atomic E-state index is 12.4. The van der Waals surface area contributed by atoms with Crippen molar-refractivity contribution < 1.29 is 9.53 Å². The number of carbonyl (C=O) groups excluding carboxylic acids is 1. The molecule has 2 aromatic rings. The van der Waals surface area contributed by atoms with Crippen LogP contribution in [0.1, 0.15) is 33.9 Å². The monoisotopic (exact) mass is 332 g/mol. The number of fused-ring (bicyclic) bond motifs is 1. The quantitative estimate of drug-likeness (QED) is 0.905. The lowest BCUT2D eigenvalue weighted by molar-refractivity contribution is 0.0948. The van der Waals surface area contributed by atoms with E-state index in [4.69, 9.17) is 10.5 Å². The standard InChI is InChI=1S/C18H20N2O2.ClH/c19-16-10-12-22-17-14(16)7-4-8-15(17)18(21)20-11-9-13-5-2-1-3-6-13;/h1-8,16H,9-12,19H2,(H,20,21);1H. The van der Waals surface area contributed by atoms with Crippen molar-refractivity contribution >= 4 is 18.3 Å². The van der Waals surface area contributed by atoms with Crippen molar-refractivity contribution in [2.75, 3.05) is 13.2 Å². The van der Waals surface area contributed by atoms with E-state index in [0.29, 0.717) is 24.5 Å². The van der Waals surface area contributed by atoms with E-state index in [2.05, 4.69) is 17.4 Å². The zero-order valence-electron chi connectivity index (χ0n) is 12.8. The molecule has 1 unspecified atom stereocenters. The third-order valence-corrected chi connectivity index (χ3v) is 3.91. The minimum Gasteiger partial charge on any atom is -0.492 e. The Morgan fingerprint density at radius 2 is 1.96 bits per heavy atom. The average Bonchev–Trinajstić information content (AvgIpc) is 2.56.